The SMILES string of the molecule is C[C@]1(n2cc3ccc(CN)cc3c2)CCC(=O)NC1=O. The molecule has 1 saturated heterocycles. The summed E-state index contributed by atoms with van der Waals surface area (Å²) in [7, 11) is 0. The molecule has 1 aromatic carbocycles. The second-order valence-electron chi connectivity index (χ2n) is 5.48. The molecule has 0 bridgehead atoms. The zero-order valence-corrected chi connectivity index (χ0v) is 11.3. The Hall–Kier alpha value is -2.14. The van der Waals surface area contributed by atoms with Gasteiger partial charge >= 0.3 is 0 Å². The molecule has 3 rings (SSSR count). The van der Waals surface area contributed by atoms with Crippen LogP contribution in [0.15, 0.2) is 30.6 Å². The molecule has 0 radical (unpaired) electrons. The molecule has 2 heterocycles. The van der Waals surface area contributed by atoms with Crippen molar-refractivity contribution in [1.82, 2.24) is 9.88 Å². The highest BCUT2D eigenvalue weighted by Gasteiger charge is 2.39. The van der Waals surface area contributed by atoms with Crippen LogP contribution >= 0.6 is 0 Å². The lowest BCUT2D eigenvalue weighted by Crippen LogP contribution is -2.52. The Morgan fingerprint density at radius 3 is 2.75 bits per heavy atom. The van der Waals surface area contributed by atoms with E-state index in [1.54, 1.807) is 0 Å². The molecule has 1 atom stereocenters. The minimum Gasteiger partial charge on any atom is -0.338 e. The zero-order valence-electron chi connectivity index (χ0n) is 11.3. The van der Waals surface area contributed by atoms with Gasteiger partial charge in [-0.3, -0.25) is 14.9 Å². The van der Waals surface area contributed by atoms with Crippen LogP contribution in [0.4, 0.5) is 0 Å². The van der Waals surface area contributed by atoms with E-state index in [0.717, 1.165) is 16.3 Å². The number of nitrogens with zero attached hydrogens (tertiary/aromatic N) is 1. The monoisotopic (exact) mass is 271 g/mol. The minimum absolute atomic E-state index is 0.199. The van der Waals surface area contributed by atoms with Gasteiger partial charge < -0.3 is 10.3 Å². The summed E-state index contributed by atoms with van der Waals surface area (Å²) in [6, 6.07) is 6.02. The van der Waals surface area contributed by atoms with Crippen LogP contribution in [-0.2, 0) is 21.7 Å². The number of aromatic nitrogens is 1. The lowest BCUT2D eigenvalue weighted by atomic mass is 9.91. The van der Waals surface area contributed by atoms with Crippen LogP contribution in [0.5, 0.6) is 0 Å². The third kappa shape index (κ3) is 1.91. The number of piperidine rings is 1. The fourth-order valence-corrected chi connectivity index (χ4v) is 2.64. The van der Waals surface area contributed by atoms with Crippen molar-refractivity contribution in [2.24, 2.45) is 5.73 Å². The van der Waals surface area contributed by atoms with E-state index in [1.807, 2.05) is 42.1 Å². The number of imide groups is 1. The Balaban J connectivity index is 2.05. The second kappa shape index (κ2) is 4.45. The van der Waals surface area contributed by atoms with Gasteiger partial charge in [-0.2, -0.15) is 0 Å². The predicted octanol–water partition coefficient (Wildman–Crippen LogP) is 1.25. The Morgan fingerprint density at radius 1 is 1.30 bits per heavy atom. The summed E-state index contributed by atoms with van der Waals surface area (Å²) in [5.41, 5.74) is 5.99. The Kier molecular flexibility index (Phi) is 2.87. The minimum atomic E-state index is -0.712. The average Bonchev–Trinajstić information content (AvgIpc) is 2.86. The molecule has 1 aliphatic rings. The number of hydrogen-bond acceptors (Lipinski definition) is 3. The molecule has 0 aliphatic carbocycles. The van der Waals surface area contributed by atoms with Crippen molar-refractivity contribution in [2.75, 3.05) is 0 Å². The highest BCUT2D eigenvalue weighted by atomic mass is 16.2. The number of hydrogen-bond donors (Lipinski definition) is 2. The Labute approximate surface area is 116 Å². The van der Waals surface area contributed by atoms with Crippen LogP contribution in [0.3, 0.4) is 0 Å². The maximum Gasteiger partial charge on any atom is 0.252 e. The van der Waals surface area contributed by atoms with E-state index in [4.69, 9.17) is 5.73 Å². The van der Waals surface area contributed by atoms with Gasteiger partial charge in [-0.05, 0) is 35.7 Å². The number of amides is 2. The van der Waals surface area contributed by atoms with Crippen LogP contribution in [0.2, 0.25) is 0 Å². The highest BCUT2D eigenvalue weighted by molar-refractivity contribution is 6.01. The van der Waals surface area contributed by atoms with Crippen molar-refractivity contribution >= 4 is 22.6 Å². The van der Waals surface area contributed by atoms with Crippen LogP contribution in [0.1, 0.15) is 25.3 Å². The normalized spacial score (nSPS) is 23.1. The quantitative estimate of drug-likeness (QED) is 0.807. The van der Waals surface area contributed by atoms with Crippen molar-refractivity contribution in [3.8, 4) is 0 Å². The van der Waals surface area contributed by atoms with E-state index in [2.05, 4.69) is 5.32 Å². The second-order valence-corrected chi connectivity index (χ2v) is 5.48. The van der Waals surface area contributed by atoms with E-state index in [0.29, 0.717) is 19.4 Å². The summed E-state index contributed by atoms with van der Waals surface area (Å²) < 4.78 is 1.90. The first-order chi connectivity index (χ1) is 9.53. The van der Waals surface area contributed by atoms with Gasteiger partial charge in [0.2, 0.25) is 5.91 Å². The molecule has 0 unspecified atom stereocenters. The number of nitrogens with one attached hydrogen (secondary N) is 1. The van der Waals surface area contributed by atoms with Crippen molar-refractivity contribution in [1.29, 1.82) is 0 Å². The van der Waals surface area contributed by atoms with E-state index in [9.17, 15) is 9.59 Å². The standard InChI is InChI=1S/C15H17N3O2/c1-15(5-4-13(19)17-14(15)20)18-8-11-3-2-10(7-16)6-12(11)9-18/h2-3,6,8-9H,4-5,7,16H2,1H3,(H,17,19,20)/t15-/m0/s1. The van der Waals surface area contributed by atoms with Crippen LogP contribution in [-0.4, -0.2) is 16.4 Å². The smallest absolute Gasteiger partial charge is 0.252 e. The van der Waals surface area contributed by atoms with Gasteiger partial charge in [-0.15, -0.1) is 0 Å². The number of fused-ring (bicyclic) bond motifs is 1. The topological polar surface area (TPSA) is 77.1 Å². The van der Waals surface area contributed by atoms with Gasteiger partial charge in [0.05, 0.1) is 0 Å². The lowest BCUT2D eigenvalue weighted by Gasteiger charge is -2.33. The molecule has 0 spiro atoms. The van der Waals surface area contributed by atoms with Gasteiger partial charge in [-0.1, -0.05) is 12.1 Å². The fourth-order valence-electron chi connectivity index (χ4n) is 2.64. The molecule has 2 aromatic rings. The zero-order chi connectivity index (χ0) is 14.3. The first-order valence-corrected chi connectivity index (χ1v) is 6.68. The number of nitrogens with two attached hydrogens (primary N) is 1. The number of carbonyl (C=O) groups is 2. The Bertz CT molecular complexity index is 704. The van der Waals surface area contributed by atoms with Gasteiger partial charge in [0.25, 0.3) is 5.91 Å². The van der Waals surface area contributed by atoms with E-state index < -0.39 is 5.54 Å². The maximum absolute atomic E-state index is 12.2. The Morgan fingerprint density at radius 2 is 2.05 bits per heavy atom. The third-order valence-electron chi connectivity index (χ3n) is 4.09. The molecule has 2 amide bonds. The van der Waals surface area contributed by atoms with Crippen LogP contribution in [0, 0.1) is 0 Å². The summed E-state index contributed by atoms with van der Waals surface area (Å²) in [4.78, 5) is 23.4. The van der Waals surface area contributed by atoms with Gasteiger partial charge in [-0.25, -0.2) is 0 Å². The van der Waals surface area contributed by atoms with E-state index >= 15 is 0 Å². The molecule has 20 heavy (non-hydrogen) atoms. The maximum atomic E-state index is 12.2. The molecule has 1 fully saturated rings. The van der Waals surface area contributed by atoms with E-state index in [1.165, 1.54) is 0 Å². The van der Waals surface area contributed by atoms with Gasteiger partial charge in [0.1, 0.15) is 5.54 Å². The molecule has 1 aliphatic heterocycles. The molecular formula is C15H17N3O2. The first-order valence-electron chi connectivity index (χ1n) is 6.68. The third-order valence-corrected chi connectivity index (χ3v) is 4.09. The van der Waals surface area contributed by atoms with Crippen molar-refractivity contribution in [3.05, 3.63) is 36.2 Å². The summed E-state index contributed by atoms with van der Waals surface area (Å²) in [5, 5.41) is 4.53. The average molecular weight is 271 g/mol. The summed E-state index contributed by atoms with van der Waals surface area (Å²) in [6.45, 7) is 2.35. The van der Waals surface area contributed by atoms with Crippen LogP contribution < -0.4 is 11.1 Å². The summed E-state index contributed by atoms with van der Waals surface area (Å²) in [6.07, 6.45) is 4.78. The molecule has 0 saturated carbocycles. The highest BCUT2D eigenvalue weighted by Crippen LogP contribution is 2.29. The predicted molar refractivity (Wildman–Crippen MR) is 75.9 cm³/mol. The number of benzene rings is 1. The number of carbonyl (C=O) groups excluding carboxylic acids is 2. The fraction of sp³-hybridized carbons (Fsp3) is 0.333. The molecular weight excluding hydrogens is 254 g/mol. The molecule has 5 heteroatoms. The molecule has 5 nitrogen and oxygen atoms in total. The largest absolute Gasteiger partial charge is 0.338 e. The van der Waals surface area contributed by atoms with Crippen molar-refractivity contribution in [3.63, 3.8) is 0 Å². The van der Waals surface area contributed by atoms with Crippen molar-refractivity contribution < 1.29 is 9.59 Å². The summed E-state index contributed by atoms with van der Waals surface area (Å²) in [5.74, 6) is -0.442. The van der Waals surface area contributed by atoms with Gasteiger partial charge in [0, 0.05) is 25.4 Å². The van der Waals surface area contributed by atoms with Gasteiger partial charge in [0.15, 0.2) is 0 Å². The first kappa shape index (κ1) is 12.9. The molecule has 104 valence electrons. The number of rotatable bonds is 2. The van der Waals surface area contributed by atoms with Crippen molar-refractivity contribution in [2.45, 2.75) is 31.8 Å². The molecule has 3 N–H and O–H groups in total. The summed E-state index contributed by atoms with van der Waals surface area (Å²) >= 11 is 0. The van der Waals surface area contributed by atoms with Crippen LogP contribution in [0.25, 0.3) is 10.8 Å². The molecule has 1 aromatic heterocycles. The lowest BCUT2D eigenvalue weighted by molar-refractivity contribution is -0.140. The van der Waals surface area contributed by atoms with E-state index in [-0.39, 0.29) is 11.8 Å².